The standard InChI is InChI=1S/C21H29N3O4S/c1-3-28-17-9-11-18(12-10-17)29(26,27)22-14-13-21(25)24-16-5-4-7-20(24)19-8-6-15-23(19)2/h6,8-12,15,20,22H,3-5,7,13-14,16H2,1-2H3/t20-/m1/s1. The van der Waals surface area contributed by atoms with Gasteiger partial charge >= 0.3 is 0 Å². The summed E-state index contributed by atoms with van der Waals surface area (Å²) in [6.45, 7) is 3.17. The van der Waals surface area contributed by atoms with Gasteiger partial charge in [0.15, 0.2) is 0 Å². The summed E-state index contributed by atoms with van der Waals surface area (Å²) < 4.78 is 34.9. The zero-order chi connectivity index (χ0) is 20.9. The minimum absolute atomic E-state index is 0.0229. The molecule has 2 aromatic rings. The monoisotopic (exact) mass is 419 g/mol. The maximum absolute atomic E-state index is 12.8. The van der Waals surface area contributed by atoms with Gasteiger partial charge in [0.25, 0.3) is 0 Å². The number of carbonyl (C=O) groups is 1. The highest BCUT2D eigenvalue weighted by molar-refractivity contribution is 7.89. The Balaban J connectivity index is 1.58. The van der Waals surface area contributed by atoms with Gasteiger partial charge in [-0.05, 0) is 62.6 Å². The summed E-state index contributed by atoms with van der Waals surface area (Å²) in [5.41, 5.74) is 1.12. The Bertz CT molecular complexity index is 922. The van der Waals surface area contributed by atoms with Crippen LogP contribution in [0.15, 0.2) is 47.5 Å². The predicted octanol–water partition coefficient (Wildman–Crippen LogP) is 2.85. The molecule has 1 fully saturated rings. The predicted molar refractivity (Wildman–Crippen MR) is 111 cm³/mol. The molecule has 3 rings (SSSR count). The van der Waals surface area contributed by atoms with Gasteiger partial charge in [-0.3, -0.25) is 4.79 Å². The summed E-state index contributed by atoms with van der Waals surface area (Å²) in [5.74, 6) is 0.601. The number of ether oxygens (including phenoxy) is 1. The van der Waals surface area contributed by atoms with Gasteiger partial charge < -0.3 is 14.2 Å². The Morgan fingerprint density at radius 1 is 1.21 bits per heavy atom. The number of rotatable bonds is 8. The van der Waals surface area contributed by atoms with Crippen molar-refractivity contribution < 1.29 is 17.9 Å². The van der Waals surface area contributed by atoms with E-state index >= 15 is 0 Å². The van der Waals surface area contributed by atoms with Gasteiger partial charge in [0.05, 0.1) is 17.5 Å². The number of likely N-dealkylation sites (tertiary alicyclic amines) is 1. The second-order valence-corrected chi connectivity index (χ2v) is 8.96. The third-order valence-electron chi connectivity index (χ3n) is 5.22. The van der Waals surface area contributed by atoms with Crippen molar-refractivity contribution in [2.75, 3.05) is 19.7 Å². The van der Waals surface area contributed by atoms with Crippen LogP contribution >= 0.6 is 0 Å². The van der Waals surface area contributed by atoms with Crippen molar-refractivity contribution in [1.82, 2.24) is 14.2 Å². The fourth-order valence-corrected chi connectivity index (χ4v) is 4.79. The van der Waals surface area contributed by atoms with Crippen LogP contribution in [0.5, 0.6) is 5.75 Å². The van der Waals surface area contributed by atoms with E-state index in [0.29, 0.717) is 18.9 Å². The van der Waals surface area contributed by atoms with E-state index < -0.39 is 10.0 Å². The summed E-state index contributed by atoms with van der Waals surface area (Å²) >= 11 is 0. The Hall–Kier alpha value is -2.32. The molecular formula is C21H29N3O4S. The smallest absolute Gasteiger partial charge is 0.240 e. The summed E-state index contributed by atoms with van der Waals surface area (Å²) in [4.78, 5) is 14.9. The highest BCUT2D eigenvalue weighted by Crippen LogP contribution is 2.31. The lowest BCUT2D eigenvalue weighted by Gasteiger charge is -2.36. The Morgan fingerprint density at radius 3 is 2.62 bits per heavy atom. The molecule has 1 saturated heterocycles. The van der Waals surface area contributed by atoms with E-state index in [9.17, 15) is 13.2 Å². The summed E-state index contributed by atoms with van der Waals surface area (Å²) in [7, 11) is -1.68. The molecule has 29 heavy (non-hydrogen) atoms. The van der Waals surface area contributed by atoms with Crippen LogP contribution in [0, 0.1) is 0 Å². The number of nitrogens with zero attached hydrogens (tertiary/aromatic N) is 2. The number of nitrogens with one attached hydrogen (secondary N) is 1. The van der Waals surface area contributed by atoms with Crippen LogP contribution in [0.4, 0.5) is 0 Å². The van der Waals surface area contributed by atoms with E-state index in [0.717, 1.165) is 25.0 Å². The van der Waals surface area contributed by atoms with E-state index in [1.807, 2.05) is 41.8 Å². The number of aromatic nitrogens is 1. The molecule has 0 saturated carbocycles. The largest absolute Gasteiger partial charge is 0.494 e. The normalized spacial score (nSPS) is 17.3. The average molecular weight is 420 g/mol. The van der Waals surface area contributed by atoms with E-state index in [4.69, 9.17) is 4.74 Å². The number of amides is 1. The molecule has 1 aliphatic heterocycles. The zero-order valence-corrected chi connectivity index (χ0v) is 17.8. The van der Waals surface area contributed by atoms with Crippen LogP contribution in [0.1, 0.15) is 44.3 Å². The molecule has 1 N–H and O–H groups in total. The van der Waals surface area contributed by atoms with Crippen LogP contribution in [0.3, 0.4) is 0 Å². The number of piperidine rings is 1. The molecular weight excluding hydrogens is 390 g/mol. The quantitative estimate of drug-likeness (QED) is 0.713. The van der Waals surface area contributed by atoms with Crippen LogP contribution in [-0.2, 0) is 21.9 Å². The van der Waals surface area contributed by atoms with Crippen molar-refractivity contribution in [3.63, 3.8) is 0 Å². The van der Waals surface area contributed by atoms with Crippen molar-refractivity contribution in [2.24, 2.45) is 7.05 Å². The van der Waals surface area contributed by atoms with Crippen molar-refractivity contribution in [2.45, 2.75) is 43.5 Å². The van der Waals surface area contributed by atoms with Gasteiger partial charge in [-0.15, -0.1) is 0 Å². The van der Waals surface area contributed by atoms with Gasteiger partial charge in [0.1, 0.15) is 5.75 Å². The van der Waals surface area contributed by atoms with Crippen molar-refractivity contribution >= 4 is 15.9 Å². The van der Waals surface area contributed by atoms with Crippen LogP contribution in [0.2, 0.25) is 0 Å². The zero-order valence-electron chi connectivity index (χ0n) is 17.0. The third kappa shape index (κ3) is 5.19. The van der Waals surface area contributed by atoms with Gasteiger partial charge in [-0.25, -0.2) is 13.1 Å². The van der Waals surface area contributed by atoms with E-state index in [1.165, 1.54) is 12.1 Å². The summed E-state index contributed by atoms with van der Waals surface area (Å²) in [5, 5.41) is 0. The van der Waals surface area contributed by atoms with E-state index in [1.54, 1.807) is 12.1 Å². The summed E-state index contributed by atoms with van der Waals surface area (Å²) in [6.07, 6.45) is 5.12. The number of hydrogen-bond acceptors (Lipinski definition) is 4. The second kappa shape index (κ2) is 9.45. The summed E-state index contributed by atoms with van der Waals surface area (Å²) in [6, 6.07) is 10.3. The lowest BCUT2D eigenvalue weighted by Crippen LogP contribution is -2.40. The number of aryl methyl sites for hydroxylation is 1. The van der Waals surface area contributed by atoms with Gasteiger partial charge in [0.2, 0.25) is 15.9 Å². The first-order chi connectivity index (χ1) is 13.9. The number of hydrogen-bond donors (Lipinski definition) is 1. The molecule has 0 spiro atoms. The van der Waals surface area contributed by atoms with Gasteiger partial charge in [-0.1, -0.05) is 0 Å². The molecule has 1 aliphatic rings. The molecule has 0 unspecified atom stereocenters. The minimum atomic E-state index is -3.66. The molecule has 1 atom stereocenters. The average Bonchev–Trinajstić information content (AvgIpc) is 3.14. The fourth-order valence-electron chi connectivity index (χ4n) is 3.76. The molecule has 2 heterocycles. The van der Waals surface area contributed by atoms with E-state index in [-0.39, 0.29) is 29.8 Å². The molecule has 0 bridgehead atoms. The Kier molecular flexibility index (Phi) is 6.97. The molecule has 7 nitrogen and oxygen atoms in total. The minimum Gasteiger partial charge on any atom is -0.494 e. The van der Waals surface area contributed by atoms with Crippen LogP contribution in [0.25, 0.3) is 0 Å². The molecule has 0 aliphatic carbocycles. The van der Waals surface area contributed by atoms with Gasteiger partial charge in [0, 0.05) is 38.4 Å². The molecule has 1 aromatic heterocycles. The first-order valence-corrected chi connectivity index (χ1v) is 11.5. The lowest BCUT2D eigenvalue weighted by molar-refractivity contribution is -0.135. The Morgan fingerprint density at radius 2 is 1.97 bits per heavy atom. The second-order valence-electron chi connectivity index (χ2n) is 7.19. The van der Waals surface area contributed by atoms with Gasteiger partial charge in [-0.2, -0.15) is 0 Å². The fraction of sp³-hybridized carbons (Fsp3) is 0.476. The number of carbonyl (C=O) groups excluding carboxylic acids is 1. The number of sulfonamides is 1. The van der Waals surface area contributed by atoms with Crippen LogP contribution in [-0.4, -0.2) is 43.5 Å². The van der Waals surface area contributed by atoms with E-state index in [2.05, 4.69) is 4.72 Å². The lowest BCUT2D eigenvalue weighted by atomic mass is 9.99. The van der Waals surface area contributed by atoms with Crippen LogP contribution < -0.4 is 9.46 Å². The first-order valence-electron chi connectivity index (χ1n) is 10.1. The number of benzene rings is 1. The highest BCUT2D eigenvalue weighted by atomic mass is 32.2. The van der Waals surface area contributed by atoms with Crippen molar-refractivity contribution in [3.8, 4) is 5.75 Å². The maximum Gasteiger partial charge on any atom is 0.240 e. The maximum atomic E-state index is 12.8. The third-order valence-corrected chi connectivity index (χ3v) is 6.70. The topological polar surface area (TPSA) is 80.6 Å². The van der Waals surface area contributed by atoms with Crippen molar-refractivity contribution in [1.29, 1.82) is 0 Å². The molecule has 158 valence electrons. The molecule has 1 amide bonds. The molecule has 8 heteroatoms. The first kappa shape index (κ1) is 21.4. The molecule has 0 radical (unpaired) electrons. The Labute approximate surface area is 172 Å². The SMILES string of the molecule is CCOc1ccc(S(=O)(=O)NCCC(=O)N2CCCC[C@@H]2c2cccn2C)cc1. The highest BCUT2D eigenvalue weighted by Gasteiger charge is 2.29. The van der Waals surface area contributed by atoms with Crippen molar-refractivity contribution in [3.05, 3.63) is 48.3 Å². The molecule has 1 aromatic carbocycles.